The van der Waals surface area contributed by atoms with Crippen LogP contribution in [0.15, 0.2) is 0 Å². The van der Waals surface area contributed by atoms with E-state index in [0.717, 1.165) is 44.9 Å². The van der Waals surface area contributed by atoms with E-state index in [4.69, 9.17) is 9.79 Å². The molecule has 0 aliphatic rings. The number of carbonyl (C=O) groups is 1. The van der Waals surface area contributed by atoms with E-state index in [1.54, 1.807) is 0 Å². The third kappa shape index (κ3) is 15.6. The van der Waals surface area contributed by atoms with E-state index in [-0.39, 0.29) is 6.16 Å². The van der Waals surface area contributed by atoms with Crippen LogP contribution >= 0.6 is 7.60 Å². The highest BCUT2D eigenvalue weighted by molar-refractivity contribution is 7.51. The van der Waals surface area contributed by atoms with Crippen LogP contribution in [0.25, 0.3) is 0 Å². The molecule has 0 amide bonds. The van der Waals surface area contributed by atoms with Crippen molar-refractivity contribution in [3.05, 3.63) is 0 Å². The molecule has 0 radical (unpaired) electrons. The Balaban J connectivity index is 3.04. The van der Waals surface area contributed by atoms with E-state index in [0.29, 0.717) is 19.5 Å². The summed E-state index contributed by atoms with van der Waals surface area (Å²) in [5.41, 5.74) is 0. The molecular weight excluding hydrogens is 243 g/mol. The van der Waals surface area contributed by atoms with Crippen molar-refractivity contribution in [3.63, 3.8) is 0 Å². The van der Waals surface area contributed by atoms with Gasteiger partial charge in [0.25, 0.3) is 6.47 Å². The first-order chi connectivity index (χ1) is 8.06. The minimum atomic E-state index is -3.79. The van der Waals surface area contributed by atoms with Gasteiger partial charge in [0.2, 0.25) is 0 Å². The molecule has 17 heavy (non-hydrogen) atoms. The molecule has 0 atom stereocenters. The fourth-order valence-corrected chi connectivity index (χ4v) is 2.25. The third-order valence-electron chi connectivity index (χ3n) is 2.53. The molecule has 0 aromatic rings. The van der Waals surface area contributed by atoms with E-state index >= 15 is 0 Å². The molecule has 0 spiro atoms. The summed E-state index contributed by atoms with van der Waals surface area (Å²) in [6, 6.07) is 0. The molecule has 0 aliphatic carbocycles. The Morgan fingerprint density at radius 3 is 1.82 bits per heavy atom. The molecule has 0 aliphatic heterocycles. The van der Waals surface area contributed by atoms with Gasteiger partial charge in [-0.3, -0.25) is 9.36 Å². The fraction of sp³-hybridized carbons (Fsp3) is 0.909. The molecule has 0 rings (SSSR count). The van der Waals surface area contributed by atoms with E-state index in [9.17, 15) is 9.36 Å². The summed E-state index contributed by atoms with van der Waals surface area (Å²) in [5, 5.41) is 0. The van der Waals surface area contributed by atoms with Gasteiger partial charge in [-0.2, -0.15) is 0 Å². The van der Waals surface area contributed by atoms with Gasteiger partial charge in [0.05, 0.1) is 6.61 Å². The maximum Gasteiger partial charge on any atom is 0.325 e. The second-order valence-electron chi connectivity index (χ2n) is 4.18. The van der Waals surface area contributed by atoms with Crippen molar-refractivity contribution in [1.82, 2.24) is 0 Å². The highest BCUT2D eigenvalue weighted by Gasteiger charge is 2.10. The Morgan fingerprint density at radius 2 is 1.35 bits per heavy atom. The van der Waals surface area contributed by atoms with Gasteiger partial charge in [-0.15, -0.1) is 0 Å². The highest BCUT2D eigenvalue weighted by Crippen LogP contribution is 2.35. The molecule has 6 heteroatoms. The summed E-state index contributed by atoms with van der Waals surface area (Å²) in [4.78, 5) is 27.1. The van der Waals surface area contributed by atoms with Crippen LogP contribution in [0.3, 0.4) is 0 Å². The quantitative estimate of drug-likeness (QED) is 0.322. The molecule has 2 N–H and O–H groups in total. The first-order valence-corrected chi connectivity index (χ1v) is 7.96. The number of hydrogen-bond donors (Lipinski definition) is 2. The van der Waals surface area contributed by atoms with Crippen molar-refractivity contribution in [1.29, 1.82) is 0 Å². The van der Waals surface area contributed by atoms with Crippen LogP contribution in [0.5, 0.6) is 0 Å². The van der Waals surface area contributed by atoms with Crippen LogP contribution in [0, 0.1) is 0 Å². The molecule has 0 aromatic heterocycles. The van der Waals surface area contributed by atoms with E-state index in [1.165, 1.54) is 0 Å². The summed E-state index contributed by atoms with van der Waals surface area (Å²) in [5.74, 6) is 0. The van der Waals surface area contributed by atoms with E-state index < -0.39 is 7.60 Å². The van der Waals surface area contributed by atoms with Crippen molar-refractivity contribution in [3.8, 4) is 0 Å². The second kappa shape index (κ2) is 10.8. The standard InChI is InChI=1S/C11H23O5P/c12-11-16-9-7-5-3-1-2-4-6-8-10-17(13,14)15/h11H,1-10H2,(H2,13,14,15). The molecule has 0 unspecified atom stereocenters. The number of ether oxygens (including phenoxy) is 1. The maximum absolute atomic E-state index is 10.5. The van der Waals surface area contributed by atoms with Crippen molar-refractivity contribution < 1.29 is 23.9 Å². The van der Waals surface area contributed by atoms with Crippen LogP contribution in [-0.4, -0.2) is 29.0 Å². The smallest absolute Gasteiger partial charge is 0.325 e. The predicted molar refractivity (Wildman–Crippen MR) is 65.9 cm³/mol. The summed E-state index contributed by atoms with van der Waals surface area (Å²) in [6.07, 6.45) is 7.89. The van der Waals surface area contributed by atoms with Crippen LogP contribution < -0.4 is 0 Å². The van der Waals surface area contributed by atoms with Crippen molar-refractivity contribution in [2.45, 2.75) is 51.4 Å². The zero-order chi connectivity index (χ0) is 13.0. The average Bonchev–Trinajstić information content (AvgIpc) is 2.24. The number of hydrogen-bond acceptors (Lipinski definition) is 3. The highest BCUT2D eigenvalue weighted by atomic mass is 31.2. The Labute approximate surface area is 103 Å². The Morgan fingerprint density at radius 1 is 0.882 bits per heavy atom. The average molecular weight is 266 g/mol. The predicted octanol–water partition coefficient (Wildman–Crippen LogP) is 2.46. The molecule has 0 saturated carbocycles. The van der Waals surface area contributed by atoms with Gasteiger partial charge in [0.1, 0.15) is 0 Å². The summed E-state index contributed by atoms with van der Waals surface area (Å²) in [7, 11) is -3.79. The summed E-state index contributed by atoms with van der Waals surface area (Å²) >= 11 is 0. The third-order valence-corrected chi connectivity index (χ3v) is 3.43. The van der Waals surface area contributed by atoms with Crippen molar-refractivity contribution >= 4 is 14.1 Å². The minimum Gasteiger partial charge on any atom is -0.468 e. The van der Waals surface area contributed by atoms with Gasteiger partial charge >= 0.3 is 7.60 Å². The van der Waals surface area contributed by atoms with Crippen LogP contribution in [-0.2, 0) is 14.1 Å². The van der Waals surface area contributed by atoms with Gasteiger partial charge < -0.3 is 14.5 Å². The van der Waals surface area contributed by atoms with Crippen LogP contribution in [0.4, 0.5) is 0 Å². The fourth-order valence-electron chi connectivity index (χ4n) is 1.61. The van der Waals surface area contributed by atoms with Crippen LogP contribution in [0.1, 0.15) is 51.4 Å². The van der Waals surface area contributed by atoms with Crippen molar-refractivity contribution in [2.24, 2.45) is 0 Å². The van der Waals surface area contributed by atoms with Gasteiger partial charge in [-0.1, -0.05) is 38.5 Å². The number of rotatable bonds is 12. The van der Waals surface area contributed by atoms with Gasteiger partial charge in [0, 0.05) is 6.16 Å². The van der Waals surface area contributed by atoms with Gasteiger partial charge in [-0.05, 0) is 12.8 Å². The van der Waals surface area contributed by atoms with E-state index in [2.05, 4.69) is 4.74 Å². The SMILES string of the molecule is O=COCCCCCCCCCCP(=O)(O)O. The van der Waals surface area contributed by atoms with Gasteiger partial charge in [0.15, 0.2) is 0 Å². The zero-order valence-corrected chi connectivity index (χ0v) is 11.1. The number of carbonyl (C=O) groups excluding carboxylic acids is 1. The van der Waals surface area contributed by atoms with Crippen LogP contribution in [0.2, 0.25) is 0 Å². The molecule has 0 saturated heterocycles. The topological polar surface area (TPSA) is 83.8 Å². The Bertz CT molecular complexity index is 226. The second-order valence-corrected chi connectivity index (χ2v) is 5.96. The molecule has 102 valence electrons. The molecular formula is C11H23O5P. The lowest BCUT2D eigenvalue weighted by Crippen LogP contribution is -1.91. The lowest BCUT2D eigenvalue weighted by molar-refractivity contribution is -0.128. The lowest BCUT2D eigenvalue weighted by atomic mass is 10.1. The zero-order valence-electron chi connectivity index (χ0n) is 10.2. The molecule has 0 bridgehead atoms. The number of unbranched alkanes of at least 4 members (excludes halogenated alkanes) is 7. The summed E-state index contributed by atoms with van der Waals surface area (Å²) < 4.78 is 15.1. The Hall–Kier alpha value is -0.380. The monoisotopic (exact) mass is 266 g/mol. The van der Waals surface area contributed by atoms with Gasteiger partial charge in [-0.25, -0.2) is 0 Å². The molecule has 0 aromatic carbocycles. The first kappa shape index (κ1) is 16.6. The maximum atomic E-state index is 10.5. The summed E-state index contributed by atoms with van der Waals surface area (Å²) in [6.45, 7) is 0.979. The minimum absolute atomic E-state index is 0.00995. The largest absolute Gasteiger partial charge is 0.468 e. The first-order valence-electron chi connectivity index (χ1n) is 6.16. The molecule has 0 fully saturated rings. The van der Waals surface area contributed by atoms with E-state index in [1.807, 2.05) is 0 Å². The normalized spacial score (nSPS) is 11.4. The molecule has 5 nitrogen and oxygen atoms in total. The Kier molecular flexibility index (Phi) is 10.5. The lowest BCUT2D eigenvalue weighted by Gasteiger charge is -2.03. The molecule has 0 heterocycles. The van der Waals surface area contributed by atoms with Crippen molar-refractivity contribution in [2.75, 3.05) is 12.8 Å².